The van der Waals surface area contributed by atoms with Gasteiger partial charge in [-0.1, -0.05) is 44.5 Å². The zero-order valence-electron chi connectivity index (χ0n) is 14.4. The Labute approximate surface area is 134 Å². The van der Waals surface area contributed by atoms with Gasteiger partial charge in [-0.15, -0.1) is 0 Å². The maximum atomic E-state index is 6.70. The molecule has 0 N–H and O–H groups in total. The van der Waals surface area contributed by atoms with Crippen LogP contribution in [0.15, 0.2) is 24.3 Å². The smallest absolute Gasteiger partial charge is 0.137 e. The minimum Gasteiger partial charge on any atom is -0.355 e. The molecule has 1 saturated carbocycles. The Bertz CT molecular complexity index is 567. The van der Waals surface area contributed by atoms with Gasteiger partial charge in [0.15, 0.2) is 0 Å². The van der Waals surface area contributed by atoms with Crippen molar-refractivity contribution >= 4 is 0 Å². The quantitative estimate of drug-likeness (QED) is 0.687. The third kappa shape index (κ3) is 2.07. The van der Waals surface area contributed by atoms with Crippen LogP contribution in [0.4, 0.5) is 0 Å². The van der Waals surface area contributed by atoms with Crippen molar-refractivity contribution in [3.05, 3.63) is 35.4 Å². The molecule has 5 atom stereocenters. The minimum absolute atomic E-state index is 0.161. The molecule has 0 radical (unpaired) electrons. The van der Waals surface area contributed by atoms with Crippen LogP contribution in [-0.4, -0.2) is 23.1 Å². The second-order valence-electron chi connectivity index (χ2n) is 8.39. The molecule has 120 valence electrons. The summed E-state index contributed by atoms with van der Waals surface area (Å²) in [7, 11) is 0. The zero-order chi connectivity index (χ0) is 15.5. The summed E-state index contributed by atoms with van der Waals surface area (Å²) in [5, 5.41) is 0. The fraction of sp³-hybridized carbons (Fsp3) is 0.700. The molecule has 1 aromatic carbocycles. The highest BCUT2D eigenvalue weighted by Gasteiger charge is 2.52. The lowest BCUT2D eigenvalue weighted by molar-refractivity contribution is -0.242. The third-order valence-corrected chi connectivity index (χ3v) is 6.55. The normalized spacial score (nSPS) is 40.5. The van der Waals surface area contributed by atoms with Crippen molar-refractivity contribution in [3.63, 3.8) is 0 Å². The first-order chi connectivity index (χ1) is 10.5. The summed E-state index contributed by atoms with van der Waals surface area (Å²) in [4.78, 5) is 2.65. The van der Waals surface area contributed by atoms with Crippen LogP contribution in [0.3, 0.4) is 0 Å². The maximum absolute atomic E-state index is 6.70. The van der Waals surface area contributed by atoms with Crippen molar-refractivity contribution in [2.45, 2.75) is 70.7 Å². The van der Waals surface area contributed by atoms with E-state index in [9.17, 15) is 0 Å². The summed E-state index contributed by atoms with van der Waals surface area (Å²) in [5.41, 5.74) is 3.13. The third-order valence-electron chi connectivity index (χ3n) is 6.55. The number of fused-ring (bicyclic) bond motifs is 4. The molecule has 0 unspecified atom stereocenters. The lowest BCUT2D eigenvalue weighted by atomic mass is 9.68. The Morgan fingerprint density at radius 3 is 2.59 bits per heavy atom. The molecule has 2 heterocycles. The van der Waals surface area contributed by atoms with Gasteiger partial charge in [-0.2, -0.15) is 0 Å². The summed E-state index contributed by atoms with van der Waals surface area (Å²) in [6.45, 7) is 10.8. The van der Waals surface area contributed by atoms with E-state index in [1.54, 1.807) is 0 Å². The summed E-state index contributed by atoms with van der Waals surface area (Å²) in [6, 6.07) is 8.92. The largest absolute Gasteiger partial charge is 0.355 e. The van der Waals surface area contributed by atoms with E-state index in [0.29, 0.717) is 17.9 Å². The Kier molecular flexibility index (Phi) is 3.39. The molecule has 4 rings (SSSR count). The molecule has 1 aromatic rings. The van der Waals surface area contributed by atoms with Crippen LogP contribution < -0.4 is 0 Å². The number of ether oxygens (including phenoxy) is 1. The number of hydrogen-bond donors (Lipinski definition) is 0. The van der Waals surface area contributed by atoms with E-state index >= 15 is 0 Å². The first kappa shape index (κ1) is 14.7. The van der Waals surface area contributed by atoms with Gasteiger partial charge in [-0.3, -0.25) is 4.90 Å². The number of nitrogens with zero attached hydrogens (tertiary/aromatic N) is 1. The van der Waals surface area contributed by atoms with Crippen LogP contribution in [0.1, 0.15) is 70.2 Å². The molecular formula is C20H29NO. The Hall–Kier alpha value is -0.860. The van der Waals surface area contributed by atoms with Crippen LogP contribution >= 0.6 is 0 Å². The predicted molar refractivity (Wildman–Crippen MR) is 89.8 cm³/mol. The number of hydrogen-bond acceptors (Lipinski definition) is 2. The number of benzene rings is 1. The van der Waals surface area contributed by atoms with Crippen LogP contribution in [0.2, 0.25) is 0 Å². The van der Waals surface area contributed by atoms with Crippen molar-refractivity contribution in [3.8, 4) is 0 Å². The van der Waals surface area contributed by atoms with E-state index in [4.69, 9.17) is 4.74 Å². The fourth-order valence-electron chi connectivity index (χ4n) is 5.19. The molecule has 1 aliphatic carbocycles. The van der Waals surface area contributed by atoms with Gasteiger partial charge >= 0.3 is 0 Å². The van der Waals surface area contributed by atoms with Crippen molar-refractivity contribution in [1.82, 2.24) is 4.90 Å². The lowest BCUT2D eigenvalue weighted by Crippen LogP contribution is -2.63. The standard InChI is InChI=1S/C20H29NO/c1-13-9-10-17-18(11-13)22-19-16-8-6-5-7-15(16)14(2)12-21(19)20(17,3)4/h5-8,13-14,17-19H,9-12H2,1-4H3/t13-,14-,17-,18-,19+/m1/s1. The molecular weight excluding hydrogens is 270 g/mol. The maximum Gasteiger partial charge on any atom is 0.137 e. The highest BCUT2D eigenvalue weighted by atomic mass is 16.5. The molecule has 2 heteroatoms. The monoisotopic (exact) mass is 299 g/mol. The topological polar surface area (TPSA) is 12.5 Å². The average molecular weight is 299 g/mol. The van der Waals surface area contributed by atoms with Gasteiger partial charge in [-0.25, -0.2) is 0 Å². The fourth-order valence-corrected chi connectivity index (χ4v) is 5.19. The van der Waals surface area contributed by atoms with E-state index in [-0.39, 0.29) is 11.8 Å². The molecule has 0 spiro atoms. The van der Waals surface area contributed by atoms with Crippen molar-refractivity contribution < 1.29 is 4.74 Å². The van der Waals surface area contributed by atoms with Crippen molar-refractivity contribution in [2.24, 2.45) is 11.8 Å². The average Bonchev–Trinajstić information content (AvgIpc) is 2.49. The molecule has 2 aliphatic heterocycles. The lowest BCUT2D eigenvalue weighted by Gasteiger charge is -2.59. The second-order valence-corrected chi connectivity index (χ2v) is 8.39. The molecule has 0 amide bonds. The zero-order valence-corrected chi connectivity index (χ0v) is 14.4. The predicted octanol–water partition coefficient (Wildman–Crippen LogP) is 4.72. The van der Waals surface area contributed by atoms with Crippen LogP contribution in [0.5, 0.6) is 0 Å². The molecule has 1 saturated heterocycles. The minimum atomic E-state index is 0.161. The molecule has 0 aromatic heterocycles. The summed E-state index contributed by atoms with van der Waals surface area (Å²) in [6.07, 6.45) is 4.50. The molecule has 22 heavy (non-hydrogen) atoms. The van der Waals surface area contributed by atoms with E-state index in [1.165, 1.54) is 30.4 Å². The van der Waals surface area contributed by atoms with E-state index < -0.39 is 0 Å². The van der Waals surface area contributed by atoms with Gasteiger partial charge in [0.2, 0.25) is 0 Å². The Balaban J connectivity index is 1.75. The van der Waals surface area contributed by atoms with Crippen LogP contribution in [0, 0.1) is 11.8 Å². The van der Waals surface area contributed by atoms with E-state index in [0.717, 1.165) is 12.5 Å². The van der Waals surface area contributed by atoms with Crippen LogP contribution in [-0.2, 0) is 4.74 Å². The highest BCUT2D eigenvalue weighted by molar-refractivity contribution is 5.35. The van der Waals surface area contributed by atoms with Gasteiger partial charge in [0.25, 0.3) is 0 Å². The van der Waals surface area contributed by atoms with Gasteiger partial charge in [0.1, 0.15) is 6.23 Å². The van der Waals surface area contributed by atoms with Gasteiger partial charge < -0.3 is 4.74 Å². The van der Waals surface area contributed by atoms with Gasteiger partial charge in [0, 0.05) is 18.0 Å². The first-order valence-corrected chi connectivity index (χ1v) is 8.99. The van der Waals surface area contributed by atoms with Crippen molar-refractivity contribution in [1.29, 1.82) is 0 Å². The Morgan fingerprint density at radius 1 is 1.09 bits per heavy atom. The summed E-state index contributed by atoms with van der Waals surface area (Å²) >= 11 is 0. The summed E-state index contributed by atoms with van der Waals surface area (Å²) < 4.78 is 6.70. The molecule has 2 fully saturated rings. The van der Waals surface area contributed by atoms with Gasteiger partial charge in [0.05, 0.1) is 6.10 Å². The van der Waals surface area contributed by atoms with E-state index in [1.807, 2.05) is 0 Å². The molecule has 2 nitrogen and oxygen atoms in total. The summed E-state index contributed by atoms with van der Waals surface area (Å²) in [5.74, 6) is 2.08. The Morgan fingerprint density at radius 2 is 1.82 bits per heavy atom. The number of rotatable bonds is 0. The van der Waals surface area contributed by atoms with Crippen LogP contribution in [0.25, 0.3) is 0 Å². The SMILES string of the molecule is C[C@@H]1CC[C@@H]2[C@@H](C1)O[C@H]1c3ccccc3[C@H](C)CN1C2(C)C. The van der Waals surface area contributed by atoms with Crippen molar-refractivity contribution in [2.75, 3.05) is 6.54 Å². The second kappa shape index (κ2) is 5.07. The van der Waals surface area contributed by atoms with E-state index in [2.05, 4.69) is 56.9 Å². The molecule has 3 aliphatic rings. The highest BCUT2D eigenvalue weighted by Crippen LogP contribution is 2.52. The van der Waals surface area contributed by atoms with Gasteiger partial charge in [-0.05, 0) is 49.7 Å². The molecule has 0 bridgehead atoms. The first-order valence-electron chi connectivity index (χ1n) is 8.99.